The molecule has 0 saturated carbocycles. The largest absolute Gasteiger partial charge is 0.390 e. The molecule has 29 heavy (non-hydrogen) atoms. The Balaban J connectivity index is 1.60. The van der Waals surface area contributed by atoms with Gasteiger partial charge in [0, 0.05) is 36.6 Å². The van der Waals surface area contributed by atoms with Crippen LogP contribution in [-0.2, 0) is 9.53 Å². The molecular formula is C21H25N3O5. The molecule has 0 aliphatic carbocycles. The number of aliphatic hydroxyl groups is 1. The average Bonchev–Trinajstić information content (AvgIpc) is 3.10. The van der Waals surface area contributed by atoms with Crippen LogP contribution in [0.2, 0.25) is 0 Å². The molecule has 3 heterocycles. The van der Waals surface area contributed by atoms with Crippen LogP contribution in [0, 0.1) is 0 Å². The second kappa shape index (κ2) is 7.27. The predicted molar refractivity (Wildman–Crippen MR) is 107 cm³/mol. The molecule has 0 unspecified atom stereocenters. The van der Waals surface area contributed by atoms with Gasteiger partial charge in [0.2, 0.25) is 11.5 Å². The van der Waals surface area contributed by atoms with E-state index < -0.39 is 5.60 Å². The Morgan fingerprint density at radius 3 is 2.79 bits per heavy atom. The summed E-state index contributed by atoms with van der Waals surface area (Å²) in [6, 6.07) is 8.26. The molecule has 2 aromatic rings. The summed E-state index contributed by atoms with van der Waals surface area (Å²) in [5.74, 6) is -0.396. The van der Waals surface area contributed by atoms with Gasteiger partial charge in [-0.2, -0.15) is 0 Å². The van der Waals surface area contributed by atoms with Crippen molar-refractivity contribution in [2.75, 3.05) is 26.2 Å². The van der Waals surface area contributed by atoms with Gasteiger partial charge in [0.05, 0.1) is 36.3 Å². The molecule has 2 aliphatic heterocycles. The van der Waals surface area contributed by atoms with Crippen molar-refractivity contribution in [1.82, 2.24) is 14.8 Å². The molecule has 2 fully saturated rings. The summed E-state index contributed by atoms with van der Waals surface area (Å²) >= 11 is 0. The molecule has 2 amide bonds. The Morgan fingerprint density at radius 2 is 2.03 bits per heavy atom. The Morgan fingerprint density at radius 1 is 1.28 bits per heavy atom. The van der Waals surface area contributed by atoms with E-state index in [1.807, 2.05) is 12.1 Å². The number of pyridine rings is 1. The number of fused-ring (bicyclic) bond motifs is 2. The fourth-order valence-electron chi connectivity index (χ4n) is 4.16. The van der Waals surface area contributed by atoms with Crippen LogP contribution in [0.25, 0.3) is 10.9 Å². The number of ether oxygens (including phenoxy) is 1. The highest BCUT2D eigenvalue weighted by Gasteiger charge is 2.44. The van der Waals surface area contributed by atoms with Crippen molar-refractivity contribution >= 4 is 22.7 Å². The van der Waals surface area contributed by atoms with Crippen molar-refractivity contribution in [3.63, 3.8) is 0 Å². The van der Waals surface area contributed by atoms with E-state index in [4.69, 9.17) is 4.74 Å². The van der Waals surface area contributed by atoms with Crippen LogP contribution < -0.4 is 5.56 Å². The van der Waals surface area contributed by atoms with E-state index in [2.05, 4.69) is 4.98 Å². The highest BCUT2D eigenvalue weighted by molar-refractivity contribution is 6.06. The van der Waals surface area contributed by atoms with Crippen molar-refractivity contribution < 1.29 is 19.4 Å². The van der Waals surface area contributed by atoms with Crippen LogP contribution in [0.5, 0.6) is 0 Å². The molecule has 2 aliphatic rings. The first-order chi connectivity index (χ1) is 13.7. The quantitative estimate of drug-likeness (QED) is 0.793. The first-order valence-electron chi connectivity index (χ1n) is 9.78. The van der Waals surface area contributed by atoms with Gasteiger partial charge in [0.15, 0.2) is 0 Å². The average molecular weight is 399 g/mol. The van der Waals surface area contributed by atoms with E-state index in [9.17, 15) is 19.5 Å². The first kappa shape index (κ1) is 19.6. The Kier molecular flexibility index (Phi) is 4.92. The molecular weight excluding hydrogens is 374 g/mol. The maximum absolute atomic E-state index is 13.4. The minimum atomic E-state index is -1.09. The number of nitrogens with zero attached hydrogens (tertiary/aromatic N) is 2. The van der Waals surface area contributed by atoms with Crippen LogP contribution >= 0.6 is 0 Å². The molecule has 2 N–H and O–H groups in total. The summed E-state index contributed by atoms with van der Waals surface area (Å²) in [5.41, 5.74) is -0.455. The number of amides is 2. The summed E-state index contributed by atoms with van der Waals surface area (Å²) in [6.45, 7) is 4.71. The van der Waals surface area contributed by atoms with Crippen LogP contribution in [0.4, 0.5) is 0 Å². The number of nitrogens with one attached hydrogen (secondary N) is 1. The Bertz CT molecular complexity index is 1010. The summed E-state index contributed by atoms with van der Waals surface area (Å²) < 4.78 is 5.82. The lowest BCUT2D eigenvalue weighted by Gasteiger charge is -2.36. The van der Waals surface area contributed by atoms with Crippen molar-refractivity contribution in [2.24, 2.45) is 0 Å². The van der Waals surface area contributed by atoms with Gasteiger partial charge in [-0.1, -0.05) is 18.2 Å². The van der Waals surface area contributed by atoms with Gasteiger partial charge in [-0.3, -0.25) is 14.4 Å². The molecule has 1 aromatic carbocycles. The molecule has 0 spiro atoms. The van der Waals surface area contributed by atoms with Gasteiger partial charge in [-0.05, 0) is 19.9 Å². The monoisotopic (exact) mass is 399 g/mol. The zero-order valence-electron chi connectivity index (χ0n) is 16.6. The van der Waals surface area contributed by atoms with Crippen LogP contribution in [-0.4, -0.2) is 75.7 Å². The van der Waals surface area contributed by atoms with Gasteiger partial charge in [0.1, 0.15) is 0 Å². The molecule has 1 aromatic heterocycles. The molecule has 0 bridgehead atoms. The Labute approximate surface area is 168 Å². The molecule has 2 atom stereocenters. The molecule has 0 radical (unpaired) electrons. The van der Waals surface area contributed by atoms with Crippen LogP contribution in [0.15, 0.2) is 35.1 Å². The second-order valence-corrected chi connectivity index (χ2v) is 8.36. The van der Waals surface area contributed by atoms with Crippen molar-refractivity contribution in [3.05, 3.63) is 46.2 Å². The number of morpholine rings is 1. The number of rotatable bonds is 3. The number of carbonyl (C=O) groups is 2. The minimum absolute atomic E-state index is 0.0130. The number of H-pyrrole nitrogens is 1. The molecule has 154 valence electrons. The summed E-state index contributed by atoms with van der Waals surface area (Å²) in [5, 5.41) is 10.6. The van der Waals surface area contributed by atoms with E-state index in [1.54, 1.807) is 35.8 Å². The number of hydrogen-bond acceptors (Lipinski definition) is 5. The number of likely N-dealkylation sites (tertiary alicyclic amines) is 1. The van der Waals surface area contributed by atoms with E-state index in [0.29, 0.717) is 42.7 Å². The lowest BCUT2D eigenvalue weighted by molar-refractivity contribution is -0.134. The normalized spacial score (nSPS) is 22.0. The van der Waals surface area contributed by atoms with Gasteiger partial charge in [0.25, 0.3) is 5.91 Å². The van der Waals surface area contributed by atoms with Crippen molar-refractivity contribution in [1.29, 1.82) is 0 Å². The van der Waals surface area contributed by atoms with Crippen LogP contribution in [0.1, 0.15) is 30.6 Å². The number of hydrogen-bond donors (Lipinski definition) is 2. The number of aromatic nitrogens is 1. The van der Waals surface area contributed by atoms with Gasteiger partial charge < -0.3 is 24.6 Å². The van der Waals surface area contributed by atoms with Gasteiger partial charge in [-0.25, -0.2) is 0 Å². The summed E-state index contributed by atoms with van der Waals surface area (Å²) in [7, 11) is 0. The third-order valence-corrected chi connectivity index (χ3v) is 5.48. The zero-order chi connectivity index (χ0) is 20.8. The molecule has 2 saturated heterocycles. The molecule has 8 heteroatoms. The van der Waals surface area contributed by atoms with E-state index >= 15 is 0 Å². The van der Waals surface area contributed by atoms with Crippen molar-refractivity contribution in [2.45, 2.75) is 38.0 Å². The number of aromatic amines is 1. The predicted octanol–water partition coefficient (Wildman–Crippen LogP) is 0.741. The third kappa shape index (κ3) is 3.90. The van der Waals surface area contributed by atoms with Gasteiger partial charge in [-0.15, -0.1) is 0 Å². The highest BCUT2D eigenvalue weighted by atomic mass is 16.5. The molecule has 4 rings (SSSR count). The first-order valence-corrected chi connectivity index (χ1v) is 9.78. The maximum Gasteiger partial charge on any atom is 0.255 e. The SMILES string of the molecule is CC(C)(O)CC(=O)N1C[C@H]2OCCN(C(=O)c3cc(=O)[nH]c4ccccc34)[C@H]2C1. The highest BCUT2D eigenvalue weighted by Crippen LogP contribution is 2.27. The zero-order valence-corrected chi connectivity index (χ0v) is 16.6. The fourth-order valence-corrected chi connectivity index (χ4v) is 4.16. The maximum atomic E-state index is 13.4. The topological polar surface area (TPSA) is 103 Å². The van der Waals surface area contributed by atoms with Crippen LogP contribution in [0.3, 0.4) is 0 Å². The molecule has 8 nitrogen and oxygen atoms in total. The summed E-state index contributed by atoms with van der Waals surface area (Å²) in [6.07, 6.45) is -0.259. The van der Waals surface area contributed by atoms with Gasteiger partial charge >= 0.3 is 0 Å². The summed E-state index contributed by atoms with van der Waals surface area (Å²) in [4.78, 5) is 44.1. The second-order valence-electron chi connectivity index (χ2n) is 8.36. The fraction of sp³-hybridized carbons (Fsp3) is 0.476. The van der Waals surface area contributed by atoms with E-state index in [0.717, 1.165) is 0 Å². The minimum Gasteiger partial charge on any atom is -0.390 e. The lowest BCUT2D eigenvalue weighted by atomic mass is 10.0. The number of para-hydroxylation sites is 1. The standard InChI is InChI=1S/C21H25N3O5/c1-21(2,28)10-19(26)23-11-16-17(12-23)29-8-7-24(16)20(27)14-9-18(25)22-15-6-4-3-5-13(14)15/h3-6,9,16-17,28H,7-8,10-12H2,1-2H3,(H,22,25)/t16-,17+/m0/s1. The Hall–Kier alpha value is -2.71. The lowest BCUT2D eigenvalue weighted by Crippen LogP contribution is -2.53. The third-order valence-electron chi connectivity index (χ3n) is 5.48. The smallest absolute Gasteiger partial charge is 0.255 e. The van der Waals surface area contributed by atoms with E-state index in [1.165, 1.54) is 6.07 Å². The number of carbonyl (C=O) groups excluding carboxylic acids is 2. The number of benzene rings is 1. The van der Waals surface area contributed by atoms with E-state index in [-0.39, 0.29) is 35.9 Å². The van der Waals surface area contributed by atoms with Crippen molar-refractivity contribution in [3.8, 4) is 0 Å².